The zero-order chi connectivity index (χ0) is 32.3. The van der Waals surface area contributed by atoms with E-state index in [1.54, 1.807) is 52.6 Å². The second-order valence-corrected chi connectivity index (χ2v) is 12.6. The molecule has 0 aliphatic rings. The Kier molecular flexibility index (Phi) is 13.0. The van der Waals surface area contributed by atoms with E-state index in [2.05, 4.69) is 15.0 Å². The molecule has 2 N–H and O–H groups in total. The first-order valence-corrected chi connectivity index (χ1v) is 15.9. The topological polar surface area (TPSA) is 195 Å². The number of anilines is 1. The molecule has 2 aromatic heterocycles. The lowest BCUT2D eigenvalue weighted by molar-refractivity contribution is -0.0369. The molecule has 0 aliphatic carbocycles. The molecular formula is C26H36N5O11PS. The van der Waals surface area contributed by atoms with Gasteiger partial charge in [0.1, 0.15) is 22.6 Å². The number of rotatable bonds is 16. The summed E-state index contributed by atoms with van der Waals surface area (Å²) < 4.78 is 55.6. The maximum Gasteiger partial charge on any atom is 0.510 e. The van der Waals surface area contributed by atoms with Crippen molar-refractivity contribution in [2.45, 2.75) is 69.4 Å². The maximum atomic E-state index is 13.3. The Morgan fingerprint density at radius 1 is 0.955 bits per heavy atom. The van der Waals surface area contributed by atoms with Gasteiger partial charge in [0.05, 0.1) is 38.3 Å². The molecule has 0 radical (unpaired) electrons. The molecule has 18 heteroatoms. The number of aromatic nitrogens is 4. The Morgan fingerprint density at radius 3 is 2.09 bits per heavy atom. The molecule has 0 saturated carbocycles. The molecule has 0 spiro atoms. The summed E-state index contributed by atoms with van der Waals surface area (Å²) in [5.41, 5.74) is 6.99. The number of hydrogen-bond acceptors (Lipinski definition) is 16. The quantitative estimate of drug-likeness (QED) is 0.0913. The molecule has 2 heterocycles. The smallest absolute Gasteiger partial charge is 0.497 e. The Hall–Kier alpha value is -3.63. The summed E-state index contributed by atoms with van der Waals surface area (Å²) in [5.74, 6) is 0.782. The predicted molar refractivity (Wildman–Crippen MR) is 157 cm³/mol. The molecule has 0 bridgehead atoms. The van der Waals surface area contributed by atoms with Gasteiger partial charge in [0.25, 0.3) is 0 Å². The van der Waals surface area contributed by atoms with E-state index in [0.717, 1.165) is 10.6 Å². The van der Waals surface area contributed by atoms with Gasteiger partial charge in [0.2, 0.25) is 19.5 Å². The van der Waals surface area contributed by atoms with E-state index in [1.165, 1.54) is 11.8 Å². The lowest BCUT2D eigenvalue weighted by Crippen LogP contribution is -2.20. The van der Waals surface area contributed by atoms with Gasteiger partial charge in [-0.3, -0.25) is 13.6 Å². The van der Waals surface area contributed by atoms with Gasteiger partial charge in [0.15, 0.2) is 5.65 Å². The van der Waals surface area contributed by atoms with Crippen molar-refractivity contribution in [3.63, 3.8) is 0 Å². The monoisotopic (exact) mass is 657 g/mol. The van der Waals surface area contributed by atoms with Crippen LogP contribution in [0, 0.1) is 0 Å². The van der Waals surface area contributed by atoms with Crippen LogP contribution in [0.2, 0.25) is 0 Å². The van der Waals surface area contributed by atoms with Crippen LogP contribution in [-0.2, 0) is 43.8 Å². The normalized spacial score (nSPS) is 12.4. The van der Waals surface area contributed by atoms with Gasteiger partial charge in [-0.15, -0.1) is 0 Å². The number of nitrogens with zero attached hydrogens (tertiary/aromatic N) is 4. The van der Waals surface area contributed by atoms with Crippen molar-refractivity contribution >= 4 is 48.8 Å². The number of hydrogen-bond donors (Lipinski definition) is 1. The van der Waals surface area contributed by atoms with Gasteiger partial charge in [0, 0.05) is 4.90 Å². The summed E-state index contributed by atoms with van der Waals surface area (Å²) in [4.78, 5) is 37.4. The third kappa shape index (κ3) is 11.1. The number of nitrogens with two attached hydrogens (primary N) is 1. The van der Waals surface area contributed by atoms with Crippen molar-refractivity contribution in [2.75, 3.05) is 32.8 Å². The molecule has 1 atom stereocenters. The van der Waals surface area contributed by atoms with Crippen molar-refractivity contribution in [3.8, 4) is 5.75 Å². The van der Waals surface area contributed by atoms with Crippen LogP contribution in [0.3, 0.4) is 0 Å². The molecule has 3 rings (SSSR count). The highest BCUT2D eigenvalue weighted by Gasteiger charge is 2.29. The summed E-state index contributed by atoms with van der Waals surface area (Å²) in [6.45, 7) is 6.90. The number of carbonyl (C=O) groups is 2. The number of methoxy groups -OCH3 is 1. The van der Waals surface area contributed by atoms with E-state index >= 15 is 0 Å². The molecule has 0 aliphatic heterocycles. The van der Waals surface area contributed by atoms with E-state index in [0.29, 0.717) is 16.2 Å². The highest BCUT2D eigenvalue weighted by Crippen LogP contribution is 2.48. The summed E-state index contributed by atoms with van der Waals surface area (Å²) in [5, 5.41) is 0.559. The molecule has 242 valence electrons. The summed E-state index contributed by atoms with van der Waals surface area (Å²) in [7, 11) is -2.53. The SMILES string of the molecule is COc1ccc(Sc2nc(N)nc3c2ncn3C[C@@H](C)OCP(=O)(OCOC(=O)OC(C)C)OCOC(=O)OC(C)C)cc1. The lowest BCUT2D eigenvalue weighted by atomic mass is 10.3. The van der Waals surface area contributed by atoms with E-state index in [9.17, 15) is 14.2 Å². The minimum Gasteiger partial charge on any atom is -0.497 e. The number of carbonyl (C=O) groups excluding carboxylic acids is 2. The molecule has 0 unspecified atom stereocenters. The van der Waals surface area contributed by atoms with Gasteiger partial charge in [-0.2, -0.15) is 4.98 Å². The van der Waals surface area contributed by atoms with Crippen molar-refractivity contribution in [2.24, 2.45) is 0 Å². The highest BCUT2D eigenvalue weighted by molar-refractivity contribution is 7.99. The molecule has 16 nitrogen and oxygen atoms in total. The molecule has 3 aromatic rings. The van der Waals surface area contributed by atoms with Crippen LogP contribution in [-0.4, -0.2) is 77.2 Å². The Labute approximate surface area is 258 Å². The third-order valence-electron chi connectivity index (χ3n) is 5.21. The average molecular weight is 658 g/mol. The highest BCUT2D eigenvalue weighted by atomic mass is 32.2. The molecular weight excluding hydrogens is 621 g/mol. The number of ether oxygens (including phenoxy) is 6. The summed E-state index contributed by atoms with van der Waals surface area (Å²) >= 11 is 1.37. The second-order valence-electron chi connectivity index (χ2n) is 9.57. The number of benzene rings is 1. The van der Waals surface area contributed by atoms with Crippen LogP contribution in [0.5, 0.6) is 5.75 Å². The van der Waals surface area contributed by atoms with E-state index < -0.39 is 58.2 Å². The zero-order valence-corrected chi connectivity index (χ0v) is 26.9. The molecule has 1 aromatic carbocycles. The van der Waals surface area contributed by atoms with Crippen molar-refractivity contribution in [1.82, 2.24) is 19.5 Å². The van der Waals surface area contributed by atoms with Crippen LogP contribution in [0.1, 0.15) is 34.6 Å². The van der Waals surface area contributed by atoms with Crippen LogP contribution < -0.4 is 10.5 Å². The van der Waals surface area contributed by atoms with Crippen LogP contribution >= 0.6 is 19.4 Å². The third-order valence-corrected chi connectivity index (χ3v) is 7.66. The maximum absolute atomic E-state index is 13.3. The van der Waals surface area contributed by atoms with E-state index in [4.69, 9.17) is 43.2 Å². The van der Waals surface area contributed by atoms with Gasteiger partial charge in [-0.25, -0.2) is 19.6 Å². The fourth-order valence-electron chi connectivity index (χ4n) is 3.32. The van der Waals surface area contributed by atoms with E-state index in [-0.39, 0.29) is 12.5 Å². The Morgan fingerprint density at radius 2 is 1.55 bits per heavy atom. The minimum atomic E-state index is -4.12. The number of imidazole rings is 1. The largest absolute Gasteiger partial charge is 0.510 e. The van der Waals surface area contributed by atoms with E-state index in [1.807, 2.05) is 24.3 Å². The molecule has 44 heavy (non-hydrogen) atoms. The first kappa shape index (κ1) is 34.9. The number of nitrogen functional groups attached to an aromatic ring is 1. The lowest BCUT2D eigenvalue weighted by Gasteiger charge is -2.21. The van der Waals surface area contributed by atoms with Crippen LogP contribution in [0.25, 0.3) is 11.2 Å². The van der Waals surface area contributed by atoms with Gasteiger partial charge >= 0.3 is 19.9 Å². The second kappa shape index (κ2) is 16.4. The van der Waals surface area contributed by atoms with Crippen LogP contribution in [0.4, 0.5) is 15.5 Å². The first-order valence-electron chi connectivity index (χ1n) is 13.3. The predicted octanol–water partition coefficient (Wildman–Crippen LogP) is 5.20. The zero-order valence-electron chi connectivity index (χ0n) is 25.2. The minimum absolute atomic E-state index is 0.0575. The molecule has 0 amide bonds. The fraction of sp³-hybridized carbons (Fsp3) is 0.500. The first-order chi connectivity index (χ1) is 20.9. The van der Waals surface area contributed by atoms with Gasteiger partial charge in [-0.1, -0.05) is 11.8 Å². The summed E-state index contributed by atoms with van der Waals surface area (Å²) in [6, 6.07) is 7.44. The average Bonchev–Trinajstić information content (AvgIpc) is 3.34. The molecule has 0 fully saturated rings. The molecule has 0 saturated heterocycles. The number of fused-ring (bicyclic) bond motifs is 1. The Bertz CT molecular complexity index is 1410. The standard InChI is InChI=1S/C26H36N5O11PS/c1-16(2)41-25(32)36-13-39-43(34,40-14-37-26(33)42-17(3)4)15-38-18(5)11-31-12-28-21-22(31)29-24(27)30-23(21)44-20-9-7-19(35-6)8-10-20/h7-10,12,16-18H,11,13-15H2,1-6H3,(H2,27,29,30)/t18-/m1/s1. The summed E-state index contributed by atoms with van der Waals surface area (Å²) in [6.07, 6.45) is -2.54. The van der Waals surface area contributed by atoms with Crippen molar-refractivity contribution < 1.29 is 51.6 Å². The van der Waals surface area contributed by atoms with Crippen LogP contribution in [0.15, 0.2) is 40.5 Å². The fourth-order valence-corrected chi connectivity index (χ4v) is 5.28. The van der Waals surface area contributed by atoms with Gasteiger partial charge < -0.3 is 38.7 Å². The Balaban J connectivity index is 1.65. The van der Waals surface area contributed by atoms with Crippen molar-refractivity contribution in [1.29, 1.82) is 0 Å². The van der Waals surface area contributed by atoms with Crippen molar-refractivity contribution in [3.05, 3.63) is 30.6 Å². The van der Waals surface area contributed by atoms with Gasteiger partial charge in [-0.05, 0) is 58.9 Å².